The van der Waals surface area contributed by atoms with Crippen LogP contribution >= 0.6 is 23.1 Å². The predicted octanol–water partition coefficient (Wildman–Crippen LogP) is 4.69. The van der Waals surface area contributed by atoms with Gasteiger partial charge in [0.25, 0.3) is 5.91 Å². The van der Waals surface area contributed by atoms with Crippen LogP contribution in [-0.2, 0) is 15.3 Å². The molecular formula is C21H26N2O3S2. The lowest BCUT2D eigenvalue weighted by molar-refractivity contribution is -0.140. The summed E-state index contributed by atoms with van der Waals surface area (Å²) in [6.07, 6.45) is 3.14. The van der Waals surface area contributed by atoms with Gasteiger partial charge < -0.3 is 9.64 Å². The summed E-state index contributed by atoms with van der Waals surface area (Å²) >= 11 is 3.32. The normalized spacial score (nSPS) is 19.5. The van der Waals surface area contributed by atoms with Gasteiger partial charge in [-0.3, -0.25) is 4.79 Å². The van der Waals surface area contributed by atoms with Crippen LogP contribution in [0.1, 0.15) is 54.2 Å². The number of carbonyl (C=O) groups is 2. The number of piperidine rings is 1. The monoisotopic (exact) mass is 418 g/mol. The molecule has 28 heavy (non-hydrogen) atoms. The molecule has 1 aromatic heterocycles. The number of likely N-dealkylation sites (tertiary alicyclic amines) is 1. The Labute approximate surface area is 174 Å². The average Bonchev–Trinajstić information content (AvgIpc) is 3.10. The Hall–Kier alpha value is -1.86. The summed E-state index contributed by atoms with van der Waals surface area (Å²) in [5, 5.41) is 3.13. The van der Waals surface area contributed by atoms with E-state index >= 15 is 0 Å². The molecule has 1 amide bonds. The van der Waals surface area contributed by atoms with Crippen molar-refractivity contribution >= 4 is 35.0 Å². The molecule has 150 valence electrons. The molecule has 1 aliphatic rings. The van der Waals surface area contributed by atoms with Crippen molar-refractivity contribution in [2.45, 2.75) is 62.8 Å². The van der Waals surface area contributed by atoms with Crippen molar-refractivity contribution in [1.82, 2.24) is 9.88 Å². The van der Waals surface area contributed by atoms with Crippen LogP contribution in [0.25, 0.3) is 0 Å². The van der Waals surface area contributed by atoms with Gasteiger partial charge in [0.05, 0.1) is 16.3 Å². The Morgan fingerprint density at radius 1 is 1.21 bits per heavy atom. The fraction of sp³-hybridized carbons (Fsp3) is 0.476. The topological polar surface area (TPSA) is 59.5 Å². The van der Waals surface area contributed by atoms with Gasteiger partial charge >= 0.3 is 5.97 Å². The third-order valence-corrected chi connectivity index (χ3v) is 6.82. The van der Waals surface area contributed by atoms with Gasteiger partial charge in [-0.2, -0.15) is 0 Å². The highest BCUT2D eigenvalue weighted by Crippen LogP contribution is 2.25. The van der Waals surface area contributed by atoms with Crippen molar-refractivity contribution in [3.63, 3.8) is 0 Å². The molecule has 0 aliphatic carbocycles. The maximum atomic E-state index is 12.5. The standard InChI is InChI=1S/C21H26N2O3S2/c1-14-5-4-6-15(2)23(14)20(24)11-26-21(25)17-7-9-19(10-8-17)28-13-18-12-27-16(3)22-18/h7-10,12,14-15H,4-6,11,13H2,1-3H3. The number of hydrogen-bond donors (Lipinski definition) is 0. The highest BCUT2D eigenvalue weighted by molar-refractivity contribution is 7.98. The number of carbonyl (C=O) groups excluding carboxylic acids is 2. The fourth-order valence-corrected chi connectivity index (χ4v) is 5.03. The van der Waals surface area contributed by atoms with E-state index in [2.05, 4.69) is 24.2 Å². The number of hydrogen-bond acceptors (Lipinski definition) is 6. The Balaban J connectivity index is 1.49. The third kappa shape index (κ3) is 5.35. The third-order valence-electron chi connectivity index (χ3n) is 4.95. The molecule has 1 aromatic carbocycles. The first-order valence-corrected chi connectivity index (χ1v) is 11.4. The second-order valence-electron chi connectivity index (χ2n) is 7.18. The van der Waals surface area contributed by atoms with Crippen LogP contribution in [0.2, 0.25) is 0 Å². The van der Waals surface area contributed by atoms with E-state index in [1.54, 1.807) is 35.2 Å². The molecule has 7 heteroatoms. The van der Waals surface area contributed by atoms with E-state index in [9.17, 15) is 9.59 Å². The second kappa shape index (κ2) is 9.56. The molecule has 1 fully saturated rings. The summed E-state index contributed by atoms with van der Waals surface area (Å²) in [6, 6.07) is 7.69. The molecule has 0 bridgehead atoms. The van der Waals surface area contributed by atoms with Crippen molar-refractivity contribution in [2.24, 2.45) is 0 Å². The molecule has 2 heterocycles. The van der Waals surface area contributed by atoms with Crippen LogP contribution in [0.4, 0.5) is 0 Å². The number of esters is 1. The van der Waals surface area contributed by atoms with Gasteiger partial charge in [-0.25, -0.2) is 9.78 Å². The van der Waals surface area contributed by atoms with E-state index in [4.69, 9.17) is 4.74 Å². The Kier molecular flexibility index (Phi) is 7.13. The molecule has 0 saturated carbocycles. The Morgan fingerprint density at radius 2 is 1.89 bits per heavy atom. The zero-order valence-electron chi connectivity index (χ0n) is 16.5. The molecule has 0 radical (unpaired) electrons. The van der Waals surface area contributed by atoms with Gasteiger partial charge in [0.2, 0.25) is 0 Å². The highest BCUT2D eigenvalue weighted by atomic mass is 32.2. The molecule has 0 N–H and O–H groups in total. The molecule has 2 unspecified atom stereocenters. The van der Waals surface area contributed by atoms with E-state index in [0.29, 0.717) is 5.56 Å². The van der Waals surface area contributed by atoms with Crippen LogP contribution < -0.4 is 0 Å². The molecule has 3 rings (SSSR count). The minimum absolute atomic E-state index is 0.112. The molecule has 2 atom stereocenters. The van der Waals surface area contributed by atoms with Gasteiger partial charge in [0, 0.05) is 28.1 Å². The van der Waals surface area contributed by atoms with E-state index < -0.39 is 5.97 Å². The Morgan fingerprint density at radius 3 is 2.50 bits per heavy atom. The molecule has 1 aliphatic heterocycles. The van der Waals surface area contributed by atoms with Crippen molar-refractivity contribution in [3.05, 3.63) is 45.9 Å². The highest BCUT2D eigenvalue weighted by Gasteiger charge is 2.29. The number of nitrogens with zero attached hydrogens (tertiary/aromatic N) is 2. The van der Waals surface area contributed by atoms with Gasteiger partial charge in [0.1, 0.15) is 0 Å². The van der Waals surface area contributed by atoms with Crippen molar-refractivity contribution < 1.29 is 14.3 Å². The fourth-order valence-electron chi connectivity index (χ4n) is 3.52. The molecule has 1 saturated heterocycles. The first-order valence-electron chi connectivity index (χ1n) is 9.56. The first kappa shape index (κ1) is 20.9. The molecule has 0 spiro atoms. The first-order chi connectivity index (χ1) is 13.4. The van der Waals surface area contributed by atoms with Gasteiger partial charge in [-0.15, -0.1) is 23.1 Å². The van der Waals surface area contributed by atoms with Gasteiger partial charge in [0.15, 0.2) is 6.61 Å². The zero-order valence-corrected chi connectivity index (χ0v) is 18.1. The number of amides is 1. The largest absolute Gasteiger partial charge is 0.452 e. The SMILES string of the molecule is Cc1nc(CSc2ccc(C(=O)OCC(=O)N3C(C)CCCC3C)cc2)cs1. The zero-order chi connectivity index (χ0) is 20.1. The van der Waals surface area contributed by atoms with E-state index in [-0.39, 0.29) is 24.6 Å². The second-order valence-corrected chi connectivity index (χ2v) is 9.29. The number of aromatic nitrogens is 1. The molecule has 5 nitrogen and oxygen atoms in total. The Bertz CT molecular complexity index is 809. The maximum Gasteiger partial charge on any atom is 0.338 e. The number of benzene rings is 1. The van der Waals surface area contributed by atoms with E-state index in [1.165, 1.54) is 0 Å². The summed E-state index contributed by atoms with van der Waals surface area (Å²) < 4.78 is 5.27. The van der Waals surface area contributed by atoms with Gasteiger partial charge in [-0.1, -0.05) is 0 Å². The van der Waals surface area contributed by atoms with Crippen LogP contribution in [0.15, 0.2) is 34.5 Å². The average molecular weight is 419 g/mol. The van der Waals surface area contributed by atoms with Crippen LogP contribution in [0.5, 0.6) is 0 Å². The smallest absolute Gasteiger partial charge is 0.338 e. The minimum Gasteiger partial charge on any atom is -0.452 e. The number of rotatable bonds is 6. The predicted molar refractivity (Wildman–Crippen MR) is 113 cm³/mol. The maximum absolute atomic E-state index is 12.5. The summed E-state index contributed by atoms with van der Waals surface area (Å²) in [4.78, 5) is 32.1. The molecule has 2 aromatic rings. The van der Waals surface area contributed by atoms with E-state index in [0.717, 1.165) is 40.6 Å². The van der Waals surface area contributed by atoms with Crippen molar-refractivity contribution in [1.29, 1.82) is 0 Å². The van der Waals surface area contributed by atoms with Crippen LogP contribution in [-0.4, -0.2) is 40.5 Å². The lowest BCUT2D eigenvalue weighted by Gasteiger charge is -2.38. The number of aryl methyl sites for hydroxylation is 1. The minimum atomic E-state index is -0.461. The van der Waals surface area contributed by atoms with Crippen molar-refractivity contribution in [3.8, 4) is 0 Å². The lowest BCUT2D eigenvalue weighted by atomic mass is 9.97. The number of thioether (sulfide) groups is 1. The summed E-state index contributed by atoms with van der Waals surface area (Å²) in [5.41, 5.74) is 1.53. The van der Waals surface area contributed by atoms with Crippen LogP contribution in [0, 0.1) is 6.92 Å². The van der Waals surface area contributed by atoms with Crippen LogP contribution in [0.3, 0.4) is 0 Å². The van der Waals surface area contributed by atoms with E-state index in [1.807, 2.05) is 24.0 Å². The van der Waals surface area contributed by atoms with Gasteiger partial charge in [-0.05, 0) is 64.3 Å². The summed E-state index contributed by atoms with van der Waals surface area (Å²) in [7, 11) is 0. The number of ether oxygens (including phenoxy) is 1. The summed E-state index contributed by atoms with van der Waals surface area (Å²) in [5.74, 6) is 0.227. The quantitative estimate of drug-likeness (QED) is 0.503. The van der Waals surface area contributed by atoms with Crippen molar-refractivity contribution in [2.75, 3.05) is 6.61 Å². The molecular weight excluding hydrogens is 392 g/mol. The summed E-state index contributed by atoms with van der Waals surface area (Å²) in [6.45, 7) is 5.90. The number of thiazole rings is 1. The lowest BCUT2D eigenvalue weighted by Crippen LogP contribution is -2.49.